The van der Waals surface area contributed by atoms with Crippen molar-refractivity contribution in [2.75, 3.05) is 13.2 Å². The lowest BCUT2D eigenvalue weighted by Gasteiger charge is -2.42. The first-order valence-electron chi connectivity index (χ1n) is 11.7. The fraction of sp³-hybridized carbons (Fsp3) is 0.520. The lowest BCUT2D eigenvalue weighted by molar-refractivity contribution is -0.0366. The number of halogens is 2. The van der Waals surface area contributed by atoms with Crippen LogP contribution in [0.3, 0.4) is 0 Å². The van der Waals surface area contributed by atoms with E-state index in [1.54, 1.807) is 0 Å². The molecule has 0 amide bonds. The summed E-state index contributed by atoms with van der Waals surface area (Å²) in [7, 11) is 0. The highest BCUT2D eigenvalue weighted by Crippen LogP contribution is 2.46. The van der Waals surface area contributed by atoms with Crippen molar-refractivity contribution in [3.63, 3.8) is 0 Å². The zero-order valence-corrected chi connectivity index (χ0v) is 19.9. The average Bonchev–Trinajstić information content (AvgIpc) is 3.37. The first kappa shape index (κ1) is 20.8. The molecule has 1 unspecified atom stereocenters. The molecular formula is C25H28BrFN4O. The molecule has 3 aliphatic rings. The molecule has 3 aromatic rings. The molecule has 0 N–H and O–H groups in total. The van der Waals surface area contributed by atoms with E-state index >= 15 is 0 Å². The molecule has 5 nitrogen and oxygen atoms in total. The largest absolute Gasteiger partial charge is 0.356 e. The highest BCUT2D eigenvalue weighted by Gasteiger charge is 2.48. The van der Waals surface area contributed by atoms with E-state index in [1.807, 2.05) is 18.5 Å². The van der Waals surface area contributed by atoms with Gasteiger partial charge in [0.05, 0.1) is 23.4 Å². The molecule has 0 radical (unpaired) electrons. The summed E-state index contributed by atoms with van der Waals surface area (Å²) >= 11 is 3.50. The van der Waals surface area contributed by atoms with Crippen LogP contribution in [0.4, 0.5) is 4.39 Å². The maximum absolute atomic E-state index is 15.0. The van der Waals surface area contributed by atoms with Gasteiger partial charge in [0.15, 0.2) is 6.23 Å². The van der Waals surface area contributed by atoms with Gasteiger partial charge in [-0.05, 0) is 90.7 Å². The molecule has 2 aromatic heterocycles. The van der Waals surface area contributed by atoms with Gasteiger partial charge in [-0.25, -0.2) is 9.07 Å². The monoisotopic (exact) mass is 498 g/mol. The zero-order valence-electron chi connectivity index (χ0n) is 18.3. The van der Waals surface area contributed by atoms with Gasteiger partial charge >= 0.3 is 0 Å². The summed E-state index contributed by atoms with van der Waals surface area (Å²) in [5.41, 5.74) is 3.58. The van der Waals surface area contributed by atoms with Gasteiger partial charge in [-0.2, -0.15) is 5.10 Å². The Hall–Kier alpha value is -1.83. The van der Waals surface area contributed by atoms with Crippen molar-refractivity contribution in [2.24, 2.45) is 0 Å². The van der Waals surface area contributed by atoms with Crippen molar-refractivity contribution >= 4 is 26.8 Å². The fourth-order valence-electron chi connectivity index (χ4n) is 5.42. The van der Waals surface area contributed by atoms with Crippen LogP contribution < -0.4 is 0 Å². The zero-order chi connectivity index (χ0) is 21.9. The molecule has 2 aliphatic heterocycles. The van der Waals surface area contributed by atoms with Gasteiger partial charge in [-0.1, -0.05) is 6.07 Å². The number of pyridine rings is 1. The van der Waals surface area contributed by atoms with E-state index in [1.165, 1.54) is 22.9 Å². The van der Waals surface area contributed by atoms with E-state index in [0.29, 0.717) is 19.4 Å². The topological polar surface area (TPSA) is 43.2 Å². The fourth-order valence-corrected chi connectivity index (χ4v) is 5.65. The number of hydrogen-bond donors (Lipinski definition) is 0. The molecule has 32 heavy (non-hydrogen) atoms. The molecule has 168 valence electrons. The highest BCUT2D eigenvalue weighted by atomic mass is 79.9. The predicted molar refractivity (Wildman–Crippen MR) is 125 cm³/mol. The molecule has 2 fully saturated rings. The van der Waals surface area contributed by atoms with Crippen LogP contribution in [0.2, 0.25) is 0 Å². The second kappa shape index (κ2) is 7.89. The van der Waals surface area contributed by atoms with E-state index in [4.69, 9.17) is 14.8 Å². The standard InChI is InChI=1S/C25H28BrFN4O/c1-16-12-19-18(6-8-22-20(19)14-29-31(22)23-4-2-3-11-32-23)24(21-7-5-17(26)13-28-21)30(16)15-25(27)9-10-25/h5-8,13-14,16,23-24H,2-4,9-12,15H2,1H3/t16-,23?,24+/m1/s1. The van der Waals surface area contributed by atoms with Gasteiger partial charge in [0, 0.05) is 35.2 Å². The number of ether oxygens (including phenoxy) is 1. The maximum atomic E-state index is 15.0. The van der Waals surface area contributed by atoms with Crippen LogP contribution in [0, 0.1) is 0 Å². The van der Waals surface area contributed by atoms with Gasteiger partial charge in [0.2, 0.25) is 0 Å². The normalized spacial score (nSPS) is 27.4. The van der Waals surface area contributed by atoms with E-state index in [9.17, 15) is 4.39 Å². The van der Waals surface area contributed by atoms with Gasteiger partial charge in [0.1, 0.15) is 5.67 Å². The summed E-state index contributed by atoms with van der Waals surface area (Å²) in [6, 6.07) is 8.62. The molecule has 1 aromatic carbocycles. The van der Waals surface area contributed by atoms with Crippen LogP contribution in [0.5, 0.6) is 0 Å². The predicted octanol–water partition coefficient (Wildman–Crippen LogP) is 5.73. The SMILES string of the molecule is C[C@@H]1Cc2c(ccc3c2cnn3C2CCCCO2)[C@@H](c2ccc(Br)cn2)N1CC1(F)CC1. The molecule has 0 bridgehead atoms. The molecular weight excluding hydrogens is 471 g/mol. The van der Waals surface area contributed by atoms with Crippen LogP contribution in [0.15, 0.2) is 41.1 Å². The third-order valence-corrected chi connectivity index (χ3v) is 7.81. The molecule has 3 atom stereocenters. The molecule has 7 heteroatoms. The Morgan fingerprint density at radius 2 is 2.06 bits per heavy atom. The minimum Gasteiger partial charge on any atom is -0.356 e. The van der Waals surface area contributed by atoms with Crippen LogP contribution in [0.25, 0.3) is 10.9 Å². The number of alkyl halides is 1. The molecule has 0 spiro atoms. The number of aromatic nitrogens is 3. The Morgan fingerprint density at radius 3 is 2.78 bits per heavy atom. The smallest absolute Gasteiger partial charge is 0.150 e. The van der Waals surface area contributed by atoms with Gasteiger partial charge in [-0.3, -0.25) is 9.88 Å². The van der Waals surface area contributed by atoms with Crippen molar-refractivity contribution in [3.8, 4) is 0 Å². The summed E-state index contributed by atoms with van der Waals surface area (Å²) in [5, 5.41) is 5.93. The second-order valence-corrected chi connectivity index (χ2v) is 10.6. The first-order valence-corrected chi connectivity index (χ1v) is 12.5. The summed E-state index contributed by atoms with van der Waals surface area (Å²) in [6.07, 6.45) is 9.36. The maximum Gasteiger partial charge on any atom is 0.150 e. The minimum absolute atomic E-state index is 0.0158. The summed E-state index contributed by atoms with van der Waals surface area (Å²) < 4.78 is 24.0. The van der Waals surface area contributed by atoms with E-state index in [0.717, 1.165) is 41.6 Å². The van der Waals surface area contributed by atoms with E-state index in [-0.39, 0.29) is 18.3 Å². The Bertz CT molecular complexity index is 1140. The Morgan fingerprint density at radius 1 is 1.19 bits per heavy atom. The number of nitrogens with zero attached hydrogens (tertiary/aromatic N) is 4. The molecule has 6 rings (SSSR count). The molecule has 4 heterocycles. The Kier molecular flexibility index (Phi) is 5.12. The number of rotatable bonds is 4. The minimum atomic E-state index is -1.05. The van der Waals surface area contributed by atoms with Gasteiger partial charge in [-0.15, -0.1) is 0 Å². The van der Waals surface area contributed by atoms with Crippen LogP contribution >= 0.6 is 15.9 Å². The van der Waals surface area contributed by atoms with E-state index < -0.39 is 5.67 Å². The van der Waals surface area contributed by atoms with Gasteiger partial charge < -0.3 is 4.74 Å². The van der Waals surface area contributed by atoms with Gasteiger partial charge in [0.25, 0.3) is 0 Å². The second-order valence-electron chi connectivity index (χ2n) is 9.66. The third kappa shape index (κ3) is 3.58. The van der Waals surface area contributed by atoms with Crippen molar-refractivity contribution in [3.05, 3.63) is 58.0 Å². The van der Waals surface area contributed by atoms with Crippen molar-refractivity contribution in [1.82, 2.24) is 19.7 Å². The number of benzene rings is 1. The summed E-state index contributed by atoms with van der Waals surface area (Å²) in [5.74, 6) is 0. The van der Waals surface area contributed by atoms with Crippen LogP contribution in [-0.2, 0) is 11.2 Å². The highest BCUT2D eigenvalue weighted by molar-refractivity contribution is 9.10. The lowest BCUT2D eigenvalue weighted by Crippen LogP contribution is -2.46. The Labute approximate surface area is 196 Å². The van der Waals surface area contributed by atoms with Crippen molar-refractivity contribution in [1.29, 1.82) is 0 Å². The van der Waals surface area contributed by atoms with Crippen LogP contribution in [0.1, 0.15) is 68.1 Å². The third-order valence-electron chi connectivity index (χ3n) is 7.34. The number of fused-ring (bicyclic) bond motifs is 3. The molecule has 1 saturated carbocycles. The summed E-state index contributed by atoms with van der Waals surface area (Å²) in [4.78, 5) is 7.07. The first-order chi connectivity index (χ1) is 15.5. The number of hydrogen-bond acceptors (Lipinski definition) is 4. The molecule has 1 aliphatic carbocycles. The Balaban J connectivity index is 1.46. The quantitative estimate of drug-likeness (QED) is 0.460. The van der Waals surface area contributed by atoms with E-state index in [2.05, 4.69) is 50.6 Å². The summed E-state index contributed by atoms with van der Waals surface area (Å²) in [6.45, 7) is 3.47. The van der Waals surface area contributed by atoms with Crippen molar-refractivity contribution < 1.29 is 9.13 Å². The lowest BCUT2D eigenvalue weighted by atomic mass is 9.84. The van der Waals surface area contributed by atoms with Crippen molar-refractivity contribution in [2.45, 2.75) is 69.4 Å². The van der Waals surface area contributed by atoms with Crippen LogP contribution in [-0.4, -0.2) is 44.5 Å². The molecule has 1 saturated heterocycles. The average molecular weight is 499 g/mol.